The predicted molar refractivity (Wildman–Crippen MR) is 336 cm³/mol. The van der Waals surface area contributed by atoms with E-state index in [2.05, 4.69) is 35.1 Å². The highest BCUT2D eigenvalue weighted by atomic mass is 16.6. The Kier molecular flexibility index (Phi) is 48.9. The fourth-order valence-corrected chi connectivity index (χ4v) is 10.2. The molecule has 0 saturated heterocycles. The summed E-state index contributed by atoms with van der Waals surface area (Å²) < 4.78 is 23.5. The van der Waals surface area contributed by atoms with E-state index in [4.69, 9.17) is 24.1 Å². The molecular formula is C68H126N4O9. The quantitative estimate of drug-likeness (QED) is 0.0398. The zero-order valence-electron chi connectivity index (χ0n) is 53.4. The Morgan fingerprint density at radius 2 is 0.901 bits per heavy atom. The van der Waals surface area contributed by atoms with Gasteiger partial charge in [0, 0.05) is 56.9 Å². The zero-order chi connectivity index (χ0) is 59.3. The minimum Gasteiger partial charge on any atom is -0.447 e. The summed E-state index contributed by atoms with van der Waals surface area (Å²) in [5.41, 5.74) is 0.144. The molecule has 0 aliphatic rings. The number of amides is 4. The second-order valence-electron chi connectivity index (χ2n) is 24.6. The molecule has 5 N–H and O–H groups in total. The molecule has 0 fully saturated rings. The molecule has 0 aliphatic carbocycles. The maximum atomic E-state index is 12.6. The fraction of sp³-hybridized carbons (Fsp3) is 0.853. The largest absolute Gasteiger partial charge is 0.447 e. The summed E-state index contributed by atoms with van der Waals surface area (Å²) in [5, 5.41) is 20.4. The van der Waals surface area contributed by atoms with Crippen molar-refractivity contribution in [2.75, 3.05) is 59.2 Å². The van der Waals surface area contributed by atoms with Gasteiger partial charge in [-0.1, -0.05) is 206 Å². The monoisotopic (exact) mass is 1140 g/mol. The third-order valence-electron chi connectivity index (χ3n) is 15.9. The Morgan fingerprint density at radius 1 is 0.469 bits per heavy atom. The SMILES string of the molecule is CCCCNC(=O)c1ccc(C(=O)NCCOC(C)(C)CCOC(C)(C)CCNC(=O)CCCCCNC(=O)OCC(C)OCCCCCCCCCCCCCCC(CC)CCCCCCCCCCCCCCCCCO)cc1. The molecule has 0 saturated carbocycles. The number of unbranched alkanes of at least 4 members (excludes halogenated alkanes) is 28. The topological polar surface area (TPSA) is 174 Å². The highest BCUT2D eigenvalue weighted by Gasteiger charge is 2.23. The van der Waals surface area contributed by atoms with E-state index in [1.807, 2.05) is 34.6 Å². The van der Waals surface area contributed by atoms with Crippen LogP contribution in [0.3, 0.4) is 0 Å². The van der Waals surface area contributed by atoms with Crippen molar-refractivity contribution in [1.29, 1.82) is 0 Å². The molecule has 13 heteroatoms. The number of hydrogen-bond donors (Lipinski definition) is 5. The van der Waals surface area contributed by atoms with Gasteiger partial charge in [0.2, 0.25) is 5.91 Å². The second-order valence-corrected chi connectivity index (χ2v) is 24.6. The molecule has 13 nitrogen and oxygen atoms in total. The minimum atomic E-state index is -0.452. The number of hydrogen-bond acceptors (Lipinski definition) is 9. The normalized spacial score (nSPS) is 12.5. The minimum absolute atomic E-state index is 0.0146. The summed E-state index contributed by atoms with van der Waals surface area (Å²) in [7, 11) is 0. The molecule has 1 aromatic carbocycles. The van der Waals surface area contributed by atoms with Gasteiger partial charge in [0.25, 0.3) is 11.8 Å². The molecule has 0 spiro atoms. The van der Waals surface area contributed by atoms with E-state index in [-0.39, 0.29) is 30.4 Å². The highest BCUT2D eigenvalue weighted by Crippen LogP contribution is 2.23. The molecular weight excluding hydrogens is 1020 g/mol. The average Bonchev–Trinajstić information content (AvgIpc) is 3.45. The summed E-state index contributed by atoms with van der Waals surface area (Å²) in [6.45, 7) is 18.6. The zero-order valence-corrected chi connectivity index (χ0v) is 53.4. The lowest BCUT2D eigenvalue weighted by molar-refractivity contribution is -0.121. The maximum absolute atomic E-state index is 12.6. The van der Waals surface area contributed by atoms with Crippen LogP contribution < -0.4 is 21.3 Å². The van der Waals surface area contributed by atoms with Crippen molar-refractivity contribution in [2.45, 2.75) is 310 Å². The summed E-state index contributed by atoms with van der Waals surface area (Å²) in [6.07, 6.45) is 46.2. The first-order chi connectivity index (χ1) is 39.2. The van der Waals surface area contributed by atoms with Gasteiger partial charge in [-0.25, -0.2) is 4.79 Å². The van der Waals surface area contributed by atoms with Gasteiger partial charge in [-0.05, 0) is 110 Å². The van der Waals surface area contributed by atoms with Gasteiger partial charge in [0.05, 0.1) is 30.5 Å². The van der Waals surface area contributed by atoms with Crippen LogP contribution >= 0.6 is 0 Å². The van der Waals surface area contributed by atoms with Crippen molar-refractivity contribution < 1.29 is 43.2 Å². The van der Waals surface area contributed by atoms with E-state index in [9.17, 15) is 19.2 Å². The molecule has 472 valence electrons. The lowest BCUT2D eigenvalue weighted by Crippen LogP contribution is -2.36. The summed E-state index contributed by atoms with van der Waals surface area (Å²) in [6, 6.07) is 6.64. The first-order valence-electron chi connectivity index (χ1n) is 33.6. The fourth-order valence-electron chi connectivity index (χ4n) is 10.2. The lowest BCUT2D eigenvalue weighted by atomic mass is 9.92. The number of aliphatic hydroxyl groups excluding tert-OH is 1. The van der Waals surface area contributed by atoms with Crippen molar-refractivity contribution >= 4 is 23.8 Å². The third-order valence-corrected chi connectivity index (χ3v) is 15.9. The van der Waals surface area contributed by atoms with Crippen molar-refractivity contribution in [2.24, 2.45) is 5.92 Å². The Bertz CT molecular complexity index is 1640. The van der Waals surface area contributed by atoms with Crippen molar-refractivity contribution in [3.05, 3.63) is 35.4 Å². The van der Waals surface area contributed by atoms with Crippen LogP contribution in [0.1, 0.15) is 313 Å². The van der Waals surface area contributed by atoms with Crippen LogP contribution in [0.2, 0.25) is 0 Å². The summed E-state index contributed by atoms with van der Waals surface area (Å²) in [5.74, 6) is 0.608. The Hall–Kier alpha value is -3.26. The van der Waals surface area contributed by atoms with Crippen LogP contribution in [-0.4, -0.2) is 105 Å². The van der Waals surface area contributed by atoms with Gasteiger partial charge in [0.1, 0.15) is 6.61 Å². The molecule has 2 unspecified atom stereocenters. The Balaban J connectivity index is 1.90. The van der Waals surface area contributed by atoms with Crippen LogP contribution in [0, 0.1) is 5.92 Å². The molecule has 0 aromatic heterocycles. The lowest BCUT2D eigenvalue weighted by Gasteiger charge is -2.30. The van der Waals surface area contributed by atoms with E-state index in [0.717, 1.165) is 50.9 Å². The van der Waals surface area contributed by atoms with Gasteiger partial charge in [0.15, 0.2) is 0 Å². The van der Waals surface area contributed by atoms with Gasteiger partial charge in [-0.2, -0.15) is 0 Å². The maximum Gasteiger partial charge on any atom is 0.407 e. The predicted octanol–water partition coefficient (Wildman–Crippen LogP) is 16.5. The number of ether oxygens (including phenoxy) is 4. The number of rotatable bonds is 58. The van der Waals surface area contributed by atoms with Crippen LogP contribution in [0.5, 0.6) is 0 Å². The molecule has 1 aromatic rings. The number of alkyl carbamates (subject to hydrolysis) is 1. The van der Waals surface area contributed by atoms with Crippen molar-refractivity contribution in [3.8, 4) is 0 Å². The summed E-state index contributed by atoms with van der Waals surface area (Å²) >= 11 is 0. The van der Waals surface area contributed by atoms with Gasteiger partial charge in [-0.15, -0.1) is 0 Å². The highest BCUT2D eigenvalue weighted by molar-refractivity contribution is 5.97. The van der Waals surface area contributed by atoms with Crippen LogP contribution in [0.15, 0.2) is 24.3 Å². The standard InChI is InChI=1S/C68H126N4O9/c1-8-10-50-70-64(75)61-44-46-62(47-45-61)65(76)71-53-57-81-68(6,7)49-56-80-67(4,5)48-52-69-63(74)43-37-34-38-51-72-66(77)79-58-59(3)78-55-40-33-29-25-21-17-15-19-23-27-31-36-42-60(9-2)41-35-30-26-22-18-14-12-11-13-16-20-24-28-32-39-54-73/h44-47,59-60,73H,8-43,48-58H2,1-7H3,(H,69,74)(H,70,75)(H,71,76)(H,72,77). The molecule has 0 heterocycles. The smallest absolute Gasteiger partial charge is 0.407 e. The van der Waals surface area contributed by atoms with E-state index in [1.165, 1.54) is 180 Å². The van der Waals surface area contributed by atoms with Crippen LogP contribution in [-0.2, 0) is 23.7 Å². The molecule has 81 heavy (non-hydrogen) atoms. The molecule has 4 amide bonds. The first-order valence-corrected chi connectivity index (χ1v) is 33.6. The van der Waals surface area contributed by atoms with Crippen LogP contribution in [0.4, 0.5) is 4.79 Å². The van der Waals surface area contributed by atoms with Gasteiger partial charge < -0.3 is 45.3 Å². The van der Waals surface area contributed by atoms with Crippen molar-refractivity contribution in [1.82, 2.24) is 21.3 Å². The summed E-state index contributed by atoms with van der Waals surface area (Å²) in [4.78, 5) is 49.5. The number of carbonyl (C=O) groups excluding carboxylic acids is 4. The van der Waals surface area contributed by atoms with Crippen molar-refractivity contribution in [3.63, 3.8) is 0 Å². The number of aliphatic hydroxyl groups is 1. The Morgan fingerprint density at radius 3 is 1.40 bits per heavy atom. The Labute approximate surface area is 496 Å². The third kappa shape index (κ3) is 47.8. The molecule has 0 radical (unpaired) electrons. The second kappa shape index (κ2) is 52.3. The molecule has 1 rings (SSSR count). The number of benzene rings is 1. The van der Waals surface area contributed by atoms with Gasteiger partial charge in [-0.3, -0.25) is 14.4 Å². The van der Waals surface area contributed by atoms with E-state index in [1.54, 1.807) is 24.3 Å². The van der Waals surface area contributed by atoms with E-state index >= 15 is 0 Å². The molecule has 0 bridgehead atoms. The first kappa shape index (κ1) is 75.8. The number of nitrogens with one attached hydrogen (secondary N) is 4. The van der Waals surface area contributed by atoms with Gasteiger partial charge >= 0.3 is 6.09 Å². The van der Waals surface area contributed by atoms with E-state index in [0.29, 0.717) is 83.0 Å². The molecule has 2 atom stereocenters. The van der Waals surface area contributed by atoms with E-state index < -0.39 is 17.3 Å². The molecule has 0 aliphatic heterocycles. The number of carbonyl (C=O) groups is 4. The average molecular weight is 1140 g/mol. The van der Waals surface area contributed by atoms with Crippen LogP contribution in [0.25, 0.3) is 0 Å².